The van der Waals surface area contributed by atoms with Crippen molar-refractivity contribution in [3.63, 3.8) is 0 Å². The quantitative estimate of drug-likeness (QED) is 0.538. The van der Waals surface area contributed by atoms with Crippen LogP contribution in [0.25, 0.3) is 0 Å². The first-order valence-corrected chi connectivity index (χ1v) is 6.43. The smallest absolute Gasteiger partial charge is 0.324 e. The Labute approximate surface area is 94.4 Å². The summed E-state index contributed by atoms with van der Waals surface area (Å²) < 4.78 is 0. The van der Waals surface area contributed by atoms with E-state index in [1.807, 2.05) is 0 Å². The van der Waals surface area contributed by atoms with Gasteiger partial charge in [0.05, 0.1) is 0 Å². The van der Waals surface area contributed by atoms with Gasteiger partial charge in [-0.1, -0.05) is 0 Å². The number of aliphatic carboxylic acids is 1. The third-order valence-electron chi connectivity index (χ3n) is 2.41. The summed E-state index contributed by atoms with van der Waals surface area (Å²) in [6.45, 7) is 1.91. The predicted molar refractivity (Wildman–Crippen MR) is 61.2 cm³/mol. The van der Waals surface area contributed by atoms with E-state index in [1.165, 1.54) is 0 Å². The molecule has 0 aromatic rings. The van der Waals surface area contributed by atoms with E-state index in [0.717, 1.165) is 25.0 Å². The highest BCUT2D eigenvalue weighted by Crippen LogP contribution is 2.24. The van der Waals surface area contributed by atoms with Crippen LogP contribution < -0.4 is 5.32 Å². The van der Waals surface area contributed by atoms with E-state index < -0.39 is 11.5 Å². The van der Waals surface area contributed by atoms with Gasteiger partial charge in [-0.25, -0.2) is 0 Å². The molecule has 1 unspecified atom stereocenters. The molecular weight excluding hydrogens is 214 g/mol. The zero-order valence-electron chi connectivity index (χ0n) is 9.03. The lowest BCUT2D eigenvalue weighted by atomic mass is 10.1. The molecule has 1 atom stereocenters. The van der Waals surface area contributed by atoms with Crippen LogP contribution in [-0.4, -0.2) is 45.9 Å². The number of carboxylic acid groups (broad SMARTS) is 1. The Bertz CT molecular complexity index is 221. The van der Waals surface area contributed by atoms with Crippen LogP contribution in [0, 0.1) is 0 Å². The summed E-state index contributed by atoms with van der Waals surface area (Å²) in [5.41, 5.74) is -0.818. The van der Waals surface area contributed by atoms with Crippen LogP contribution >= 0.6 is 11.8 Å². The molecule has 15 heavy (non-hydrogen) atoms. The van der Waals surface area contributed by atoms with Crippen molar-refractivity contribution >= 4 is 17.7 Å². The molecule has 0 aliphatic heterocycles. The van der Waals surface area contributed by atoms with Gasteiger partial charge in [-0.3, -0.25) is 10.1 Å². The molecule has 0 aromatic heterocycles. The van der Waals surface area contributed by atoms with E-state index in [9.17, 15) is 4.79 Å². The molecule has 0 saturated heterocycles. The SMILES string of the molecule is CC(CSCCCO)(NC1CC1)C(=O)O. The molecule has 1 aliphatic carbocycles. The molecule has 0 aromatic carbocycles. The lowest BCUT2D eigenvalue weighted by molar-refractivity contribution is -0.143. The third kappa shape index (κ3) is 4.40. The molecule has 1 aliphatic rings. The van der Waals surface area contributed by atoms with Crippen LogP contribution in [0.15, 0.2) is 0 Å². The Morgan fingerprint density at radius 1 is 1.60 bits per heavy atom. The minimum Gasteiger partial charge on any atom is -0.480 e. The van der Waals surface area contributed by atoms with Gasteiger partial charge in [0.25, 0.3) is 0 Å². The van der Waals surface area contributed by atoms with Crippen molar-refractivity contribution in [3.05, 3.63) is 0 Å². The Hall–Kier alpha value is -0.260. The number of hydrogen-bond donors (Lipinski definition) is 3. The monoisotopic (exact) mass is 233 g/mol. The molecule has 0 heterocycles. The van der Waals surface area contributed by atoms with Gasteiger partial charge >= 0.3 is 5.97 Å². The van der Waals surface area contributed by atoms with E-state index in [-0.39, 0.29) is 6.61 Å². The van der Waals surface area contributed by atoms with Gasteiger partial charge in [-0.05, 0) is 31.9 Å². The predicted octanol–water partition coefficient (Wildman–Crippen LogP) is 0.697. The maximum Gasteiger partial charge on any atom is 0.324 e. The lowest BCUT2D eigenvalue weighted by Crippen LogP contribution is -2.52. The number of rotatable bonds is 8. The summed E-state index contributed by atoms with van der Waals surface area (Å²) in [5.74, 6) is 0.579. The summed E-state index contributed by atoms with van der Waals surface area (Å²) in [6.07, 6.45) is 2.90. The molecular formula is C10H19NO3S. The van der Waals surface area contributed by atoms with E-state index in [2.05, 4.69) is 5.32 Å². The fraction of sp³-hybridized carbons (Fsp3) is 0.900. The number of nitrogens with one attached hydrogen (secondary N) is 1. The van der Waals surface area contributed by atoms with Crippen molar-refractivity contribution in [2.45, 2.75) is 37.8 Å². The average Bonchev–Trinajstić information content (AvgIpc) is 2.96. The molecule has 0 spiro atoms. The summed E-state index contributed by atoms with van der Waals surface area (Å²) >= 11 is 1.58. The van der Waals surface area contributed by atoms with Crippen LogP contribution in [0.3, 0.4) is 0 Å². The van der Waals surface area contributed by atoms with Gasteiger partial charge in [-0.15, -0.1) is 0 Å². The molecule has 0 bridgehead atoms. The zero-order valence-corrected chi connectivity index (χ0v) is 9.85. The second-order valence-corrected chi connectivity index (χ2v) is 5.29. The van der Waals surface area contributed by atoms with Crippen molar-refractivity contribution < 1.29 is 15.0 Å². The maximum atomic E-state index is 11.1. The zero-order chi connectivity index (χ0) is 11.3. The van der Waals surface area contributed by atoms with Gasteiger partial charge in [-0.2, -0.15) is 11.8 Å². The fourth-order valence-electron chi connectivity index (χ4n) is 1.29. The Balaban J connectivity index is 2.31. The van der Waals surface area contributed by atoms with Crippen LogP contribution in [0.2, 0.25) is 0 Å². The highest BCUT2D eigenvalue weighted by molar-refractivity contribution is 7.99. The third-order valence-corrected chi connectivity index (χ3v) is 3.77. The fourth-order valence-corrected chi connectivity index (χ4v) is 2.38. The number of hydrogen-bond acceptors (Lipinski definition) is 4. The topological polar surface area (TPSA) is 69.6 Å². The Morgan fingerprint density at radius 2 is 2.27 bits per heavy atom. The lowest BCUT2D eigenvalue weighted by Gasteiger charge is -2.25. The van der Waals surface area contributed by atoms with E-state index >= 15 is 0 Å². The van der Waals surface area contributed by atoms with Crippen molar-refractivity contribution in [2.75, 3.05) is 18.1 Å². The van der Waals surface area contributed by atoms with Gasteiger partial charge in [0, 0.05) is 18.4 Å². The minimum absolute atomic E-state index is 0.173. The van der Waals surface area contributed by atoms with E-state index in [4.69, 9.17) is 10.2 Å². The van der Waals surface area contributed by atoms with Gasteiger partial charge in [0.1, 0.15) is 5.54 Å². The van der Waals surface area contributed by atoms with Crippen LogP contribution in [0.5, 0.6) is 0 Å². The summed E-state index contributed by atoms with van der Waals surface area (Å²) in [5, 5.41) is 20.9. The van der Waals surface area contributed by atoms with Crippen molar-refractivity contribution in [1.29, 1.82) is 0 Å². The van der Waals surface area contributed by atoms with Crippen LogP contribution in [-0.2, 0) is 4.79 Å². The maximum absolute atomic E-state index is 11.1. The van der Waals surface area contributed by atoms with Crippen LogP contribution in [0.4, 0.5) is 0 Å². The molecule has 4 nitrogen and oxygen atoms in total. The second-order valence-electron chi connectivity index (χ2n) is 4.19. The number of aliphatic hydroxyl groups excluding tert-OH is 1. The molecule has 0 radical (unpaired) electrons. The van der Waals surface area contributed by atoms with E-state index in [0.29, 0.717) is 11.8 Å². The Kier molecular flexibility index (Phi) is 4.89. The molecule has 0 amide bonds. The highest BCUT2D eigenvalue weighted by atomic mass is 32.2. The molecule has 1 fully saturated rings. The first-order chi connectivity index (χ1) is 7.08. The molecule has 1 saturated carbocycles. The summed E-state index contributed by atoms with van der Waals surface area (Å²) in [7, 11) is 0. The van der Waals surface area contributed by atoms with Crippen molar-refractivity contribution in [3.8, 4) is 0 Å². The summed E-state index contributed by atoms with van der Waals surface area (Å²) in [4.78, 5) is 11.1. The van der Waals surface area contributed by atoms with Gasteiger partial charge < -0.3 is 10.2 Å². The molecule has 5 heteroatoms. The highest BCUT2D eigenvalue weighted by Gasteiger charge is 2.38. The number of carboxylic acids is 1. The number of carbonyl (C=O) groups is 1. The molecule has 88 valence electrons. The minimum atomic E-state index is -0.818. The summed E-state index contributed by atoms with van der Waals surface area (Å²) in [6, 6.07) is 0.393. The van der Waals surface area contributed by atoms with Gasteiger partial charge in [0.15, 0.2) is 0 Å². The number of aliphatic hydroxyl groups is 1. The second kappa shape index (κ2) is 5.72. The molecule has 3 N–H and O–H groups in total. The normalized spacial score (nSPS) is 19.9. The van der Waals surface area contributed by atoms with Gasteiger partial charge in [0.2, 0.25) is 0 Å². The Morgan fingerprint density at radius 3 is 2.73 bits per heavy atom. The standard InChI is InChI=1S/C10H19NO3S/c1-10(9(13)14,11-8-3-4-8)7-15-6-2-5-12/h8,11-12H,2-7H2,1H3,(H,13,14). The molecule has 1 rings (SSSR count). The van der Waals surface area contributed by atoms with Crippen molar-refractivity contribution in [2.24, 2.45) is 0 Å². The van der Waals surface area contributed by atoms with Crippen molar-refractivity contribution in [1.82, 2.24) is 5.32 Å². The first-order valence-electron chi connectivity index (χ1n) is 5.28. The number of thioether (sulfide) groups is 1. The van der Waals surface area contributed by atoms with E-state index in [1.54, 1.807) is 18.7 Å². The first kappa shape index (κ1) is 12.8. The largest absolute Gasteiger partial charge is 0.480 e. The average molecular weight is 233 g/mol. The van der Waals surface area contributed by atoms with Crippen LogP contribution in [0.1, 0.15) is 26.2 Å².